The third-order valence-corrected chi connectivity index (χ3v) is 2.76. The summed E-state index contributed by atoms with van der Waals surface area (Å²) in [6.07, 6.45) is 0. The zero-order chi connectivity index (χ0) is 14.0. The minimum atomic E-state index is -1.23. The molecular weight excluding hydrogens is 253 g/mol. The summed E-state index contributed by atoms with van der Waals surface area (Å²) in [5.74, 6) is -2.96. The summed E-state index contributed by atoms with van der Waals surface area (Å²) in [4.78, 5) is 1.19. The van der Waals surface area contributed by atoms with Crippen LogP contribution >= 0.6 is 0 Å². The summed E-state index contributed by atoms with van der Waals surface area (Å²) >= 11 is 0. The number of rotatable bonds is 2. The van der Waals surface area contributed by atoms with Gasteiger partial charge in [0.2, 0.25) is 0 Å². The van der Waals surface area contributed by atoms with E-state index in [1.165, 1.54) is 36.2 Å². The van der Waals surface area contributed by atoms with Gasteiger partial charge >= 0.3 is 0 Å². The summed E-state index contributed by atoms with van der Waals surface area (Å²) in [6.45, 7) is 0. The fourth-order valence-corrected chi connectivity index (χ4v) is 1.74. The molecule has 0 atom stereocenters. The Balaban J connectivity index is 2.52. The van der Waals surface area contributed by atoms with E-state index >= 15 is 0 Å². The molecule has 0 aliphatic carbocycles. The van der Waals surface area contributed by atoms with Crippen LogP contribution in [0.5, 0.6) is 0 Å². The highest BCUT2D eigenvalue weighted by molar-refractivity contribution is 5.64. The summed E-state index contributed by atoms with van der Waals surface area (Å²) in [6, 6.07) is 9.71. The van der Waals surface area contributed by atoms with Gasteiger partial charge in [0.15, 0.2) is 11.6 Å². The van der Waals surface area contributed by atoms with Crippen molar-refractivity contribution < 1.29 is 13.2 Å². The second-order valence-corrected chi connectivity index (χ2v) is 3.88. The van der Waals surface area contributed by atoms with Crippen molar-refractivity contribution in [2.75, 3.05) is 11.9 Å². The van der Waals surface area contributed by atoms with Gasteiger partial charge in [-0.15, -0.1) is 0 Å². The second-order valence-electron chi connectivity index (χ2n) is 3.88. The highest BCUT2D eigenvalue weighted by atomic mass is 19.2. The monoisotopic (exact) mass is 262 g/mol. The summed E-state index contributed by atoms with van der Waals surface area (Å²) in [5.41, 5.74) is -0.407. The Morgan fingerprint density at radius 1 is 0.947 bits per heavy atom. The SMILES string of the molecule is CN(c1ccccc1F)c1ccc(C#N)c(F)c1F. The topological polar surface area (TPSA) is 27.0 Å². The van der Waals surface area contributed by atoms with E-state index in [2.05, 4.69) is 0 Å². The third-order valence-electron chi connectivity index (χ3n) is 2.76. The lowest BCUT2D eigenvalue weighted by molar-refractivity contribution is 0.507. The van der Waals surface area contributed by atoms with Gasteiger partial charge in [0, 0.05) is 7.05 Å². The fourth-order valence-electron chi connectivity index (χ4n) is 1.74. The van der Waals surface area contributed by atoms with Crippen LogP contribution in [0.3, 0.4) is 0 Å². The van der Waals surface area contributed by atoms with Crippen molar-refractivity contribution in [1.82, 2.24) is 0 Å². The Morgan fingerprint density at radius 3 is 2.26 bits per heavy atom. The highest BCUT2D eigenvalue weighted by Crippen LogP contribution is 2.30. The van der Waals surface area contributed by atoms with Gasteiger partial charge in [0.1, 0.15) is 11.9 Å². The maximum Gasteiger partial charge on any atom is 0.183 e. The smallest absolute Gasteiger partial charge is 0.183 e. The van der Waals surface area contributed by atoms with Crippen molar-refractivity contribution in [1.29, 1.82) is 5.26 Å². The van der Waals surface area contributed by atoms with E-state index in [0.29, 0.717) is 0 Å². The predicted molar refractivity (Wildman–Crippen MR) is 65.5 cm³/mol. The molecule has 0 fully saturated rings. The molecule has 0 unspecified atom stereocenters. The summed E-state index contributed by atoms with van der Waals surface area (Å²) in [7, 11) is 1.42. The first-order valence-electron chi connectivity index (χ1n) is 5.42. The van der Waals surface area contributed by atoms with Gasteiger partial charge in [-0.1, -0.05) is 12.1 Å². The number of hydrogen-bond acceptors (Lipinski definition) is 2. The van der Waals surface area contributed by atoms with E-state index < -0.39 is 17.5 Å². The van der Waals surface area contributed by atoms with Crippen molar-refractivity contribution in [3.05, 3.63) is 59.4 Å². The molecule has 0 saturated heterocycles. The lowest BCUT2D eigenvalue weighted by Gasteiger charge is -2.20. The molecule has 0 spiro atoms. The number of para-hydroxylation sites is 1. The lowest BCUT2D eigenvalue weighted by atomic mass is 10.1. The first kappa shape index (κ1) is 13.0. The minimum Gasteiger partial charge on any atom is -0.340 e. The van der Waals surface area contributed by atoms with Crippen LogP contribution in [0.1, 0.15) is 5.56 Å². The molecule has 0 aliphatic heterocycles. The molecule has 2 nitrogen and oxygen atoms in total. The van der Waals surface area contributed by atoms with Crippen LogP contribution in [0.4, 0.5) is 24.5 Å². The third kappa shape index (κ3) is 2.25. The molecular formula is C14H9F3N2. The van der Waals surface area contributed by atoms with Crippen molar-refractivity contribution in [2.45, 2.75) is 0 Å². The van der Waals surface area contributed by atoms with Gasteiger partial charge in [0.25, 0.3) is 0 Å². The Hall–Kier alpha value is -2.48. The van der Waals surface area contributed by atoms with Crippen LogP contribution in [0.25, 0.3) is 0 Å². The van der Waals surface area contributed by atoms with Crippen molar-refractivity contribution >= 4 is 11.4 Å². The highest BCUT2D eigenvalue weighted by Gasteiger charge is 2.18. The van der Waals surface area contributed by atoms with Crippen LogP contribution in [-0.2, 0) is 0 Å². The molecule has 0 bridgehead atoms. The molecule has 2 aromatic carbocycles. The summed E-state index contributed by atoms with van der Waals surface area (Å²) in [5, 5.41) is 8.60. The predicted octanol–water partition coefficient (Wildman–Crippen LogP) is 3.74. The number of hydrogen-bond donors (Lipinski definition) is 0. The van der Waals surface area contributed by atoms with E-state index in [9.17, 15) is 13.2 Å². The van der Waals surface area contributed by atoms with Crippen molar-refractivity contribution in [3.63, 3.8) is 0 Å². The van der Waals surface area contributed by atoms with Gasteiger partial charge < -0.3 is 4.90 Å². The molecule has 19 heavy (non-hydrogen) atoms. The number of anilines is 2. The number of halogens is 3. The van der Waals surface area contributed by atoms with E-state index in [-0.39, 0.29) is 16.9 Å². The Kier molecular flexibility index (Phi) is 3.43. The van der Waals surface area contributed by atoms with E-state index in [4.69, 9.17) is 5.26 Å². The molecule has 5 heteroatoms. The second kappa shape index (κ2) is 5.02. The van der Waals surface area contributed by atoms with Gasteiger partial charge in [-0.25, -0.2) is 13.2 Å². The first-order valence-corrected chi connectivity index (χ1v) is 5.42. The van der Waals surface area contributed by atoms with Gasteiger partial charge in [0.05, 0.1) is 16.9 Å². The average Bonchev–Trinajstić information content (AvgIpc) is 2.41. The molecule has 0 amide bonds. The van der Waals surface area contributed by atoms with Gasteiger partial charge in [-0.3, -0.25) is 0 Å². The quantitative estimate of drug-likeness (QED) is 0.824. The molecule has 96 valence electrons. The van der Waals surface area contributed by atoms with Gasteiger partial charge in [-0.2, -0.15) is 5.26 Å². The van der Waals surface area contributed by atoms with Crippen molar-refractivity contribution in [3.8, 4) is 6.07 Å². The number of nitrogens with zero attached hydrogens (tertiary/aromatic N) is 2. The van der Waals surface area contributed by atoms with E-state index in [1.54, 1.807) is 12.1 Å². The Bertz CT molecular complexity index is 662. The number of benzene rings is 2. The van der Waals surface area contributed by atoms with Gasteiger partial charge in [-0.05, 0) is 24.3 Å². The minimum absolute atomic E-state index is 0.116. The van der Waals surface area contributed by atoms with Crippen LogP contribution in [0.2, 0.25) is 0 Å². The largest absolute Gasteiger partial charge is 0.340 e. The van der Waals surface area contributed by atoms with Crippen LogP contribution in [0, 0.1) is 28.8 Å². The molecule has 0 heterocycles. The molecule has 0 N–H and O–H groups in total. The molecule has 0 radical (unpaired) electrons. The first-order chi connectivity index (χ1) is 9.06. The van der Waals surface area contributed by atoms with Crippen LogP contribution in [0.15, 0.2) is 36.4 Å². The Morgan fingerprint density at radius 2 is 1.63 bits per heavy atom. The lowest BCUT2D eigenvalue weighted by Crippen LogP contribution is -2.14. The zero-order valence-corrected chi connectivity index (χ0v) is 9.99. The molecule has 0 aliphatic rings. The molecule has 0 aromatic heterocycles. The van der Waals surface area contributed by atoms with Crippen LogP contribution < -0.4 is 4.90 Å². The van der Waals surface area contributed by atoms with E-state index in [0.717, 1.165) is 6.07 Å². The molecule has 2 rings (SSSR count). The zero-order valence-electron chi connectivity index (χ0n) is 9.99. The molecule has 0 saturated carbocycles. The fraction of sp³-hybridized carbons (Fsp3) is 0.0714. The Labute approximate surface area is 108 Å². The van der Waals surface area contributed by atoms with Crippen LogP contribution in [-0.4, -0.2) is 7.05 Å². The standard InChI is InChI=1S/C14H9F3N2/c1-19(11-5-3-2-4-10(11)15)12-7-6-9(8-18)13(16)14(12)17/h2-7H,1H3. The number of nitriles is 1. The average molecular weight is 262 g/mol. The maximum atomic E-state index is 13.8. The van der Waals surface area contributed by atoms with E-state index in [1.807, 2.05) is 0 Å². The normalized spacial score (nSPS) is 10.1. The molecule has 2 aromatic rings. The maximum absolute atomic E-state index is 13.8. The van der Waals surface area contributed by atoms with Crippen molar-refractivity contribution in [2.24, 2.45) is 0 Å². The summed E-state index contributed by atoms with van der Waals surface area (Å²) < 4.78 is 40.9.